The molecule has 0 bridgehead atoms. The van der Waals surface area contributed by atoms with Crippen LogP contribution in [-0.4, -0.2) is 51.5 Å². The van der Waals surface area contributed by atoms with E-state index in [9.17, 15) is 9.18 Å². The molecule has 1 fully saturated rings. The van der Waals surface area contributed by atoms with Crippen molar-refractivity contribution in [2.24, 2.45) is 0 Å². The monoisotopic (exact) mass is 461 g/mol. The van der Waals surface area contributed by atoms with Gasteiger partial charge < -0.3 is 10.1 Å². The largest absolute Gasteiger partial charge is 0.376 e. The zero-order chi connectivity index (χ0) is 21.8. The molecule has 1 atom stereocenters. The minimum Gasteiger partial charge on any atom is -0.376 e. The lowest BCUT2D eigenvalue weighted by Gasteiger charge is -2.16. The van der Waals surface area contributed by atoms with Crippen molar-refractivity contribution >= 4 is 35.1 Å². The fraction of sp³-hybridized carbons (Fsp3) is 0.381. The Morgan fingerprint density at radius 3 is 3.00 bits per heavy atom. The lowest BCUT2D eigenvalue weighted by atomic mass is 10.2. The topological polar surface area (TPSA) is 64.3 Å². The summed E-state index contributed by atoms with van der Waals surface area (Å²) in [5, 5.41) is 9.46. The highest BCUT2D eigenvalue weighted by Crippen LogP contribution is 2.25. The molecule has 0 saturated carbocycles. The van der Waals surface area contributed by atoms with Crippen molar-refractivity contribution in [1.82, 2.24) is 19.2 Å². The number of rotatable bonds is 8. The van der Waals surface area contributed by atoms with Crippen LogP contribution in [0.2, 0.25) is 0 Å². The van der Waals surface area contributed by atoms with Gasteiger partial charge in [-0.3, -0.25) is 14.3 Å². The molecule has 1 aliphatic rings. The number of benzene rings is 1. The van der Waals surface area contributed by atoms with E-state index in [-0.39, 0.29) is 18.6 Å². The number of nitrogens with one attached hydrogen (secondary N) is 1. The van der Waals surface area contributed by atoms with Gasteiger partial charge in [0.2, 0.25) is 5.91 Å². The summed E-state index contributed by atoms with van der Waals surface area (Å²) in [6.45, 7) is 1.91. The number of hydrogen-bond acceptors (Lipinski definition) is 6. The molecule has 31 heavy (non-hydrogen) atoms. The third-order valence-electron chi connectivity index (χ3n) is 4.97. The number of thiophene rings is 1. The van der Waals surface area contributed by atoms with Gasteiger partial charge in [0.05, 0.1) is 30.7 Å². The van der Waals surface area contributed by atoms with Gasteiger partial charge in [0.25, 0.3) is 0 Å². The normalized spacial score (nSPS) is 16.2. The maximum atomic E-state index is 13.3. The van der Waals surface area contributed by atoms with Crippen molar-refractivity contribution in [2.45, 2.75) is 32.2 Å². The van der Waals surface area contributed by atoms with E-state index in [1.54, 1.807) is 28.2 Å². The second-order valence-electron chi connectivity index (χ2n) is 7.54. The zero-order valence-corrected chi connectivity index (χ0v) is 18.8. The third-order valence-corrected chi connectivity index (χ3v) is 6.27. The number of anilines is 1. The van der Waals surface area contributed by atoms with Crippen LogP contribution in [0.1, 0.15) is 12.8 Å². The summed E-state index contributed by atoms with van der Waals surface area (Å²) in [4.78, 5) is 15.2. The van der Waals surface area contributed by atoms with Crippen LogP contribution in [0.3, 0.4) is 0 Å². The maximum Gasteiger partial charge on any atom is 0.238 e. The number of carbonyl (C=O) groups is 1. The number of carbonyl (C=O) groups excluding carboxylic acids is 1. The average Bonchev–Trinajstić information content (AvgIpc) is 3.47. The van der Waals surface area contributed by atoms with E-state index >= 15 is 0 Å². The summed E-state index contributed by atoms with van der Waals surface area (Å²) in [5.41, 5.74) is 0.427. The molecular formula is C21H24FN5O2S2. The van der Waals surface area contributed by atoms with Gasteiger partial charge in [-0.2, -0.15) is 0 Å². The second-order valence-corrected chi connectivity index (χ2v) is 8.86. The molecule has 0 spiro atoms. The zero-order valence-electron chi connectivity index (χ0n) is 17.2. The summed E-state index contributed by atoms with van der Waals surface area (Å²) >= 11 is 7.33. The number of amides is 1. The molecule has 164 valence electrons. The van der Waals surface area contributed by atoms with Crippen molar-refractivity contribution < 1.29 is 13.9 Å². The van der Waals surface area contributed by atoms with Crippen LogP contribution in [0.15, 0.2) is 41.8 Å². The summed E-state index contributed by atoms with van der Waals surface area (Å²) in [6, 6.07) is 9.84. The molecule has 1 saturated heterocycles. The third kappa shape index (κ3) is 5.45. The Bertz CT molecular complexity index is 1090. The minimum atomic E-state index is -0.393. The smallest absolute Gasteiger partial charge is 0.238 e. The predicted molar refractivity (Wildman–Crippen MR) is 121 cm³/mol. The van der Waals surface area contributed by atoms with Gasteiger partial charge in [0, 0.05) is 12.3 Å². The Labute approximate surface area is 189 Å². The van der Waals surface area contributed by atoms with Crippen molar-refractivity contribution in [3.8, 4) is 10.7 Å². The molecule has 1 unspecified atom stereocenters. The van der Waals surface area contributed by atoms with Crippen molar-refractivity contribution in [3.05, 3.63) is 52.4 Å². The number of halogens is 1. The van der Waals surface area contributed by atoms with Crippen LogP contribution >= 0.6 is 23.6 Å². The van der Waals surface area contributed by atoms with Crippen LogP contribution < -0.4 is 5.32 Å². The van der Waals surface area contributed by atoms with Gasteiger partial charge in [-0.05, 0) is 61.8 Å². The SMILES string of the molecule is CN(CC(=O)Nc1cccc(F)c1)Cn1nc(-c2cccs2)n(CC2CCCO2)c1=S. The number of hydrogen-bond donors (Lipinski definition) is 1. The van der Waals surface area contributed by atoms with Crippen LogP contribution in [-0.2, 0) is 22.7 Å². The lowest BCUT2D eigenvalue weighted by molar-refractivity contribution is -0.117. The molecule has 4 rings (SSSR count). The average molecular weight is 462 g/mol. The summed E-state index contributed by atoms with van der Waals surface area (Å²) in [6.07, 6.45) is 2.21. The van der Waals surface area contributed by atoms with Gasteiger partial charge in [-0.15, -0.1) is 16.4 Å². The molecule has 7 nitrogen and oxygen atoms in total. The molecule has 1 aromatic carbocycles. The van der Waals surface area contributed by atoms with E-state index in [1.807, 2.05) is 34.0 Å². The molecule has 0 aliphatic carbocycles. The van der Waals surface area contributed by atoms with E-state index in [0.29, 0.717) is 23.7 Å². The van der Waals surface area contributed by atoms with Crippen LogP contribution in [0, 0.1) is 10.6 Å². The maximum absolute atomic E-state index is 13.3. The van der Waals surface area contributed by atoms with E-state index in [0.717, 1.165) is 30.2 Å². The van der Waals surface area contributed by atoms with Gasteiger partial charge in [-0.1, -0.05) is 12.1 Å². The Kier molecular flexibility index (Phi) is 6.91. The fourth-order valence-electron chi connectivity index (χ4n) is 3.57. The number of aromatic nitrogens is 3. The van der Waals surface area contributed by atoms with Crippen molar-refractivity contribution in [1.29, 1.82) is 0 Å². The Morgan fingerprint density at radius 2 is 2.29 bits per heavy atom. The molecule has 3 aromatic rings. The fourth-order valence-corrected chi connectivity index (χ4v) is 4.55. The van der Waals surface area contributed by atoms with E-state index < -0.39 is 5.82 Å². The molecule has 1 aliphatic heterocycles. The van der Waals surface area contributed by atoms with E-state index in [1.165, 1.54) is 12.1 Å². The van der Waals surface area contributed by atoms with Crippen LogP contribution in [0.25, 0.3) is 10.7 Å². The van der Waals surface area contributed by atoms with E-state index in [4.69, 9.17) is 22.1 Å². The van der Waals surface area contributed by atoms with Crippen LogP contribution in [0.4, 0.5) is 10.1 Å². The first kappa shape index (κ1) is 21.8. The van der Waals surface area contributed by atoms with Crippen molar-refractivity contribution in [2.75, 3.05) is 25.5 Å². The summed E-state index contributed by atoms with van der Waals surface area (Å²) in [5.74, 6) is 0.181. The Balaban J connectivity index is 1.47. The lowest BCUT2D eigenvalue weighted by Crippen LogP contribution is -2.32. The first-order chi connectivity index (χ1) is 15.0. The molecule has 1 N–H and O–H groups in total. The molecule has 3 heterocycles. The highest BCUT2D eigenvalue weighted by molar-refractivity contribution is 7.71. The molecule has 0 radical (unpaired) electrons. The first-order valence-electron chi connectivity index (χ1n) is 10.1. The highest BCUT2D eigenvalue weighted by Gasteiger charge is 2.21. The number of ether oxygens (including phenoxy) is 1. The van der Waals surface area contributed by atoms with Gasteiger partial charge in [-0.25, -0.2) is 9.07 Å². The molecular weight excluding hydrogens is 437 g/mol. The quantitative estimate of drug-likeness (QED) is 0.514. The van der Waals surface area contributed by atoms with Crippen molar-refractivity contribution in [3.63, 3.8) is 0 Å². The highest BCUT2D eigenvalue weighted by atomic mass is 32.1. The molecule has 10 heteroatoms. The van der Waals surface area contributed by atoms with Gasteiger partial charge in [0.1, 0.15) is 5.82 Å². The predicted octanol–water partition coefficient (Wildman–Crippen LogP) is 3.99. The number of nitrogens with zero attached hydrogens (tertiary/aromatic N) is 4. The standard InChI is InChI=1S/C21H24FN5O2S2/c1-25(13-19(28)23-16-6-2-5-15(22)11-16)14-27-21(30)26(12-17-7-3-9-29-17)20(24-27)18-8-4-10-31-18/h2,4-6,8,10-11,17H,3,7,9,12-14H2,1H3,(H,23,28). The molecule has 1 amide bonds. The summed E-state index contributed by atoms with van der Waals surface area (Å²) < 4.78 is 23.5. The van der Waals surface area contributed by atoms with Gasteiger partial charge >= 0.3 is 0 Å². The Morgan fingerprint density at radius 1 is 1.42 bits per heavy atom. The molecule has 2 aromatic heterocycles. The van der Waals surface area contributed by atoms with E-state index in [2.05, 4.69) is 5.32 Å². The second kappa shape index (κ2) is 9.82. The van der Waals surface area contributed by atoms with Crippen LogP contribution in [0.5, 0.6) is 0 Å². The number of likely N-dealkylation sites (N-methyl/N-ethyl adjacent to an activating group) is 1. The van der Waals surface area contributed by atoms with Gasteiger partial charge in [0.15, 0.2) is 10.6 Å². The first-order valence-corrected chi connectivity index (χ1v) is 11.4. The summed E-state index contributed by atoms with van der Waals surface area (Å²) in [7, 11) is 1.82. The minimum absolute atomic E-state index is 0.116. The Hall–Kier alpha value is -2.40.